The highest BCUT2D eigenvalue weighted by Crippen LogP contribution is 2.16. The fourth-order valence-electron chi connectivity index (χ4n) is 2.14. The fourth-order valence-corrected chi connectivity index (χ4v) is 2.14. The predicted octanol–water partition coefficient (Wildman–Crippen LogP) is 1.59. The number of amides is 1. The molecule has 0 radical (unpaired) electrons. The Morgan fingerprint density at radius 2 is 1.50 bits per heavy atom. The lowest BCUT2D eigenvalue weighted by atomic mass is 10.1. The molecule has 124 valence electrons. The lowest BCUT2D eigenvalue weighted by molar-refractivity contribution is -0.117. The molecule has 2 aromatic carbocycles. The maximum Gasteiger partial charge on any atom is 0.335 e. The van der Waals surface area contributed by atoms with Crippen LogP contribution in [0.25, 0.3) is 0 Å². The Bertz CT molecular complexity index is 742. The molecule has 0 unspecified atom stereocenters. The number of anilines is 1. The molecule has 7 nitrogen and oxygen atoms in total. The van der Waals surface area contributed by atoms with Gasteiger partial charge in [-0.3, -0.25) is 4.79 Å². The van der Waals surface area contributed by atoms with E-state index >= 15 is 0 Å². The van der Waals surface area contributed by atoms with Crippen LogP contribution < -0.4 is 11.1 Å². The monoisotopic (exact) mass is 328 g/mol. The van der Waals surface area contributed by atoms with Gasteiger partial charge in [-0.05, 0) is 30.2 Å². The van der Waals surface area contributed by atoms with Crippen molar-refractivity contribution in [3.63, 3.8) is 0 Å². The number of nitrogens with two attached hydrogens (primary N) is 1. The number of hydrogen-bond acceptors (Lipinski definition) is 4. The third-order valence-electron chi connectivity index (χ3n) is 3.33. The Hall–Kier alpha value is -3.19. The van der Waals surface area contributed by atoms with Gasteiger partial charge in [-0.25, -0.2) is 9.59 Å². The van der Waals surface area contributed by atoms with Crippen molar-refractivity contribution in [1.29, 1.82) is 0 Å². The summed E-state index contributed by atoms with van der Waals surface area (Å²) >= 11 is 0. The van der Waals surface area contributed by atoms with Crippen LogP contribution in [0.3, 0.4) is 0 Å². The summed E-state index contributed by atoms with van der Waals surface area (Å²) < 4.78 is 0. The first-order valence-electron chi connectivity index (χ1n) is 7.09. The van der Waals surface area contributed by atoms with Gasteiger partial charge >= 0.3 is 11.9 Å². The molecule has 0 saturated heterocycles. The van der Waals surface area contributed by atoms with Gasteiger partial charge in [0, 0.05) is 5.69 Å². The van der Waals surface area contributed by atoms with Crippen LogP contribution in [-0.4, -0.2) is 34.1 Å². The number of carbonyl (C=O) groups excluding carboxylic acids is 1. The zero-order chi connectivity index (χ0) is 17.7. The number of aromatic carboxylic acids is 2. The molecule has 0 fully saturated rings. The van der Waals surface area contributed by atoms with Crippen LogP contribution in [0.15, 0.2) is 48.5 Å². The Morgan fingerprint density at radius 3 is 2.00 bits per heavy atom. The molecule has 2 rings (SSSR count). The molecule has 5 N–H and O–H groups in total. The van der Waals surface area contributed by atoms with Gasteiger partial charge in [0.15, 0.2) is 0 Å². The van der Waals surface area contributed by atoms with Crippen molar-refractivity contribution in [2.75, 3.05) is 5.32 Å². The Kier molecular flexibility index (Phi) is 5.28. The van der Waals surface area contributed by atoms with Crippen molar-refractivity contribution >= 4 is 23.5 Å². The second-order valence-corrected chi connectivity index (χ2v) is 5.19. The van der Waals surface area contributed by atoms with Gasteiger partial charge in [0.25, 0.3) is 0 Å². The van der Waals surface area contributed by atoms with E-state index in [2.05, 4.69) is 5.32 Å². The van der Waals surface area contributed by atoms with Gasteiger partial charge in [-0.2, -0.15) is 0 Å². The summed E-state index contributed by atoms with van der Waals surface area (Å²) in [5.41, 5.74) is 6.33. The van der Waals surface area contributed by atoms with Gasteiger partial charge in [0.05, 0.1) is 17.2 Å². The summed E-state index contributed by atoms with van der Waals surface area (Å²) in [5, 5.41) is 20.5. The first-order valence-corrected chi connectivity index (χ1v) is 7.09. The SMILES string of the molecule is N[C@H](Cc1ccccc1)C(=O)Nc1cc(C(=O)O)cc(C(=O)O)c1. The molecule has 0 aromatic heterocycles. The minimum atomic E-state index is -1.29. The molecular formula is C17H16N2O5. The lowest BCUT2D eigenvalue weighted by Gasteiger charge is -2.13. The number of nitrogens with one attached hydrogen (secondary N) is 1. The lowest BCUT2D eigenvalue weighted by Crippen LogP contribution is -2.37. The minimum Gasteiger partial charge on any atom is -0.478 e. The molecule has 0 aliphatic carbocycles. The molecule has 1 atom stereocenters. The topological polar surface area (TPSA) is 130 Å². The van der Waals surface area contributed by atoms with E-state index in [1.165, 1.54) is 12.1 Å². The highest BCUT2D eigenvalue weighted by atomic mass is 16.4. The van der Waals surface area contributed by atoms with E-state index in [1.54, 1.807) is 0 Å². The van der Waals surface area contributed by atoms with Crippen molar-refractivity contribution in [3.8, 4) is 0 Å². The second-order valence-electron chi connectivity index (χ2n) is 5.19. The second kappa shape index (κ2) is 7.38. The Morgan fingerprint density at radius 1 is 0.958 bits per heavy atom. The highest BCUT2D eigenvalue weighted by molar-refractivity contribution is 5.99. The third-order valence-corrected chi connectivity index (χ3v) is 3.33. The summed E-state index contributed by atoms with van der Waals surface area (Å²) in [4.78, 5) is 34.3. The third kappa shape index (κ3) is 4.40. The van der Waals surface area contributed by atoms with Gasteiger partial charge in [0.1, 0.15) is 0 Å². The standard InChI is InChI=1S/C17H16N2O5/c18-14(6-10-4-2-1-3-5-10)15(20)19-13-8-11(16(21)22)7-12(9-13)17(23)24/h1-5,7-9,14H,6,18H2,(H,19,20)(H,21,22)(H,23,24)/t14-/m1/s1. The number of hydrogen-bond donors (Lipinski definition) is 4. The predicted molar refractivity (Wildman–Crippen MR) is 87.1 cm³/mol. The molecule has 0 spiro atoms. The average Bonchev–Trinajstić information content (AvgIpc) is 2.55. The normalized spacial score (nSPS) is 11.5. The number of carboxylic acids is 2. The number of carboxylic acid groups (broad SMARTS) is 2. The zero-order valence-electron chi connectivity index (χ0n) is 12.6. The first-order chi connectivity index (χ1) is 11.4. The highest BCUT2D eigenvalue weighted by Gasteiger charge is 2.17. The van der Waals surface area contributed by atoms with E-state index in [0.29, 0.717) is 6.42 Å². The van der Waals surface area contributed by atoms with Gasteiger partial charge < -0.3 is 21.3 Å². The molecule has 1 amide bonds. The summed E-state index contributed by atoms with van der Waals surface area (Å²) in [6.07, 6.45) is 0.303. The molecule has 24 heavy (non-hydrogen) atoms. The average molecular weight is 328 g/mol. The molecule has 0 heterocycles. The molecule has 0 aliphatic heterocycles. The molecule has 7 heteroatoms. The van der Waals surface area contributed by atoms with Crippen molar-refractivity contribution in [1.82, 2.24) is 0 Å². The van der Waals surface area contributed by atoms with Gasteiger partial charge in [-0.15, -0.1) is 0 Å². The molecular weight excluding hydrogens is 312 g/mol. The van der Waals surface area contributed by atoms with E-state index < -0.39 is 23.9 Å². The van der Waals surface area contributed by atoms with Crippen LogP contribution in [0.5, 0.6) is 0 Å². The molecule has 2 aromatic rings. The minimum absolute atomic E-state index is 0.0702. The smallest absolute Gasteiger partial charge is 0.335 e. The van der Waals surface area contributed by atoms with Crippen molar-refractivity contribution in [2.45, 2.75) is 12.5 Å². The number of carbonyl (C=O) groups is 3. The summed E-state index contributed by atoms with van der Waals surface area (Å²) in [5.74, 6) is -3.11. The largest absolute Gasteiger partial charge is 0.478 e. The van der Waals surface area contributed by atoms with Crippen molar-refractivity contribution in [3.05, 3.63) is 65.2 Å². The van der Waals surface area contributed by atoms with Crippen LogP contribution in [0.1, 0.15) is 26.3 Å². The molecule has 0 bridgehead atoms. The maximum absolute atomic E-state index is 12.1. The van der Waals surface area contributed by atoms with E-state index in [0.717, 1.165) is 11.6 Å². The number of rotatable bonds is 6. The Labute approximate surface area is 137 Å². The Balaban J connectivity index is 2.15. The summed E-state index contributed by atoms with van der Waals surface area (Å²) in [6.45, 7) is 0. The van der Waals surface area contributed by atoms with Crippen LogP contribution in [-0.2, 0) is 11.2 Å². The van der Waals surface area contributed by atoms with Gasteiger partial charge in [-0.1, -0.05) is 30.3 Å². The summed E-state index contributed by atoms with van der Waals surface area (Å²) in [6, 6.07) is 11.7. The van der Waals surface area contributed by atoms with E-state index in [1.807, 2.05) is 30.3 Å². The van der Waals surface area contributed by atoms with E-state index in [4.69, 9.17) is 15.9 Å². The van der Waals surface area contributed by atoms with Gasteiger partial charge in [0.2, 0.25) is 5.91 Å². The molecule has 0 saturated carbocycles. The van der Waals surface area contributed by atoms with E-state index in [-0.39, 0.29) is 16.8 Å². The zero-order valence-corrected chi connectivity index (χ0v) is 12.6. The van der Waals surface area contributed by atoms with Crippen molar-refractivity contribution in [2.24, 2.45) is 5.73 Å². The quantitative estimate of drug-likeness (QED) is 0.637. The van der Waals surface area contributed by atoms with E-state index in [9.17, 15) is 14.4 Å². The first kappa shape index (κ1) is 17.2. The molecule has 0 aliphatic rings. The summed E-state index contributed by atoms with van der Waals surface area (Å²) in [7, 11) is 0. The van der Waals surface area contributed by atoms with Crippen LogP contribution in [0, 0.1) is 0 Å². The van der Waals surface area contributed by atoms with Crippen LogP contribution >= 0.6 is 0 Å². The fraction of sp³-hybridized carbons (Fsp3) is 0.118. The van der Waals surface area contributed by atoms with Crippen molar-refractivity contribution < 1.29 is 24.6 Å². The van der Waals surface area contributed by atoms with Crippen LogP contribution in [0.4, 0.5) is 5.69 Å². The maximum atomic E-state index is 12.1. The van der Waals surface area contributed by atoms with Crippen LogP contribution in [0.2, 0.25) is 0 Å². The number of benzene rings is 2.